The van der Waals surface area contributed by atoms with E-state index >= 15 is 0 Å². The zero-order valence-corrected chi connectivity index (χ0v) is 18.7. The van der Waals surface area contributed by atoms with Crippen LogP contribution in [0.25, 0.3) is 11.2 Å². The van der Waals surface area contributed by atoms with Crippen molar-refractivity contribution in [3.8, 4) is 0 Å². The van der Waals surface area contributed by atoms with Gasteiger partial charge in [-0.1, -0.05) is 0 Å². The van der Waals surface area contributed by atoms with Crippen LogP contribution in [-0.4, -0.2) is 71.1 Å². The van der Waals surface area contributed by atoms with Gasteiger partial charge in [-0.25, -0.2) is 28.6 Å². The second kappa shape index (κ2) is 9.12. The first-order valence-electron chi connectivity index (χ1n) is 8.38. The molecule has 8 N–H and O–H groups in total. The molecule has 1 aliphatic rings. The standard InChI is InChI=1S/C11H19N6O12P3/c1-25-8-5(2-26-31(21,22)29-32(23,24)28-30(18,19)20)27-11(6(8)12)17-4-16-7-9(13)14-3-15-10(7)17/h3-6,8,11H,2,12H2,1H3,(H,21,22)(H,23,24)(H2,13,14,15)(H2,18,19,20)/t5-,6-,8-,11-/m1/s1. The number of rotatable bonds is 9. The molecule has 2 unspecified atom stereocenters. The number of imidazole rings is 1. The Kier molecular flexibility index (Phi) is 7.20. The molecule has 1 fully saturated rings. The summed E-state index contributed by atoms with van der Waals surface area (Å²) in [6, 6.07) is -0.858. The van der Waals surface area contributed by atoms with Gasteiger partial charge in [-0.15, -0.1) is 0 Å². The molecule has 0 aromatic carbocycles. The summed E-state index contributed by atoms with van der Waals surface area (Å²) < 4.78 is 58.4. The Morgan fingerprint density at radius 3 is 2.44 bits per heavy atom. The average molecular weight is 520 g/mol. The number of fused-ring (bicyclic) bond motifs is 1. The van der Waals surface area contributed by atoms with Crippen LogP contribution < -0.4 is 11.5 Å². The lowest BCUT2D eigenvalue weighted by Crippen LogP contribution is -2.41. The van der Waals surface area contributed by atoms with E-state index in [1.54, 1.807) is 0 Å². The Labute approximate surface area is 178 Å². The minimum Gasteiger partial charge on any atom is -0.382 e. The number of nitrogens with two attached hydrogens (primary N) is 2. The number of phosphoric acid groups is 3. The highest BCUT2D eigenvalue weighted by Crippen LogP contribution is 2.66. The van der Waals surface area contributed by atoms with Crippen molar-refractivity contribution in [3.63, 3.8) is 0 Å². The number of nitrogen functional groups attached to an aromatic ring is 1. The number of ether oxygens (including phenoxy) is 2. The Morgan fingerprint density at radius 1 is 1.12 bits per heavy atom. The summed E-state index contributed by atoms with van der Waals surface area (Å²) in [5.41, 5.74) is 12.5. The van der Waals surface area contributed by atoms with E-state index in [4.69, 9.17) is 30.7 Å². The van der Waals surface area contributed by atoms with Gasteiger partial charge in [0.25, 0.3) is 0 Å². The first-order valence-corrected chi connectivity index (χ1v) is 12.9. The minimum absolute atomic E-state index is 0.118. The minimum atomic E-state index is -5.65. The topological polar surface area (TPSA) is 274 Å². The summed E-state index contributed by atoms with van der Waals surface area (Å²) in [5.74, 6) is 0.118. The van der Waals surface area contributed by atoms with E-state index in [9.17, 15) is 23.5 Å². The molecule has 3 rings (SSSR count). The van der Waals surface area contributed by atoms with Crippen LogP contribution in [0.1, 0.15) is 6.23 Å². The summed E-state index contributed by atoms with van der Waals surface area (Å²) in [4.78, 5) is 47.9. The molecule has 180 valence electrons. The van der Waals surface area contributed by atoms with Crippen LogP contribution in [0.5, 0.6) is 0 Å². The first-order chi connectivity index (χ1) is 14.7. The molecule has 0 amide bonds. The third-order valence-electron chi connectivity index (χ3n) is 4.14. The molecular formula is C11H19N6O12P3. The summed E-state index contributed by atoms with van der Waals surface area (Å²) in [6.45, 7) is -0.740. The Bertz CT molecular complexity index is 1120. The van der Waals surface area contributed by atoms with Crippen molar-refractivity contribution in [1.82, 2.24) is 19.5 Å². The van der Waals surface area contributed by atoms with Crippen molar-refractivity contribution >= 4 is 40.4 Å². The number of methoxy groups -OCH3 is 1. The second-order valence-corrected chi connectivity index (χ2v) is 10.7. The van der Waals surface area contributed by atoms with Crippen LogP contribution in [0.4, 0.5) is 5.82 Å². The largest absolute Gasteiger partial charge is 0.490 e. The molecule has 6 atom stereocenters. The average Bonchev–Trinajstić information content (AvgIpc) is 3.18. The maximum Gasteiger partial charge on any atom is 0.490 e. The molecule has 18 nitrogen and oxygen atoms in total. The molecule has 1 saturated heterocycles. The second-order valence-electron chi connectivity index (χ2n) is 6.31. The Morgan fingerprint density at radius 2 is 1.81 bits per heavy atom. The van der Waals surface area contributed by atoms with Gasteiger partial charge in [0, 0.05) is 7.11 Å². The van der Waals surface area contributed by atoms with E-state index in [1.165, 1.54) is 24.3 Å². The molecule has 2 aromatic heterocycles. The first kappa shape index (κ1) is 25.3. The molecule has 3 heterocycles. The van der Waals surface area contributed by atoms with Gasteiger partial charge in [-0.2, -0.15) is 8.62 Å². The Hall–Kier alpha value is -1.36. The van der Waals surface area contributed by atoms with Gasteiger partial charge in [0.2, 0.25) is 0 Å². The number of aromatic nitrogens is 4. The van der Waals surface area contributed by atoms with Crippen molar-refractivity contribution < 1.29 is 55.9 Å². The van der Waals surface area contributed by atoms with Crippen molar-refractivity contribution in [2.75, 3.05) is 19.5 Å². The quantitative estimate of drug-likeness (QED) is 0.216. The van der Waals surface area contributed by atoms with E-state index < -0.39 is 54.6 Å². The summed E-state index contributed by atoms with van der Waals surface area (Å²) in [7, 11) is -15.2. The van der Waals surface area contributed by atoms with Gasteiger partial charge in [-0.05, 0) is 0 Å². The zero-order chi connectivity index (χ0) is 23.9. The lowest BCUT2D eigenvalue weighted by Gasteiger charge is -2.21. The molecule has 0 radical (unpaired) electrons. The third-order valence-corrected chi connectivity index (χ3v) is 7.94. The fraction of sp³-hybridized carbons (Fsp3) is 0.545. The smallest absolute Gasteiger partial charge is 0.382 e. The summed E-state index contributed by atoms with van der Waals surface area (Å²) in [6.07, 6.45) is -0.381. The van der Waals surface area contributed by atoms with Crippen LogP contribution in [0.3, 0.4) is 0 Å². The number of nitrogens with zero attached hydrogens (tertiary/aromatic N) is 4. The van der Waals surface area contributed by atoms with Crippen molar-refractivity contribution in [2.45, 2.75) is 24.5 Å². The van der Waals surface area contributed by atoms with Crippen molar-refractivity contribution in [2.24, 2.45) is 5.73 Å². The molecule has 21 heteroatoms. The number of hydrogen-bond donors (Lipinski definition) is 6. The summed E-state index contributed by atoms with van der Waals surface area (Å²) in [5, 5.41) is 0. The molecule has 0 bridgehead atoms. The molecule has 2 aromatic rings. The van der Waals surface area contributed by atoms with Crippen molar-refractivity contribution in [1.29, 1.82) is 0 Å². The maximum atomic E-state index is 11.9. The normalized spacial score (nSPS) is 27.9. The summed E-state index contributed by atoms with van der Waals surface area (Å²) >= 11 is 0. The van der Waals surface area contributed by atoms with Crippen LogP contribution in [0.15, 0.2) is 12.7 Å². The Balaban J connectivity index is 1.73. The maximum absolute atomic E-state index is 11.9. The predicted molar refractivity (Wildman–Crippen MR) is 102 cm³/mol. The fourth-order valence-corrected chi connectivity index (χ4v) is 6.01. The number of anilines is 1. The molecule has 1 aliphatic heterocycles. The van der Waals surface area contributed by atoms with E-state index in [-0.39, 0.29) is 11.3 Å². The van der Waals surface area contributed by atoms with Gasteiger partial charge >= 0.3 is 23.5 Å². The molecule has 0 spiro atoms. The zero-order valence-electron chi connectivity index (χ0n) is 16.0. The molecular weight excluding hydrogens is 501 g/mol. The van der Waals surface area contributed by atoms with Gasteiger partial charge in [0.1, 0.15) is 24.1 Å². The van der Waals surface area contributed by atoms with Crippen LogP contribution in [0, 0.1) is 0 Å². The number of hydrogen-bond acceptors (Lipinski definition) is 13. The predicted octanol–water partition coefficient (Wildman–Crippen LogP) is -1.01. The SMILES string of the molecule is CO[C@H]1[C@@H](N)[C@H](n2cnc3c(N)ncnc32)O[C@@H]1COP(=O)(O)OP(=O)(O)OP(=O)(O)O. The lowest BCUT2D eigenvalue weighted by molar-refractivity contribution is -0.0503. The van der Waals surface area contributed by atoms with E-state index in [1.807, 2.05) is 0 Å². The van der Waals surface area contributed by atoms with Crippen LogP contribution >= 0.6 is 23.5 Å². The molecule has 0 saturated carbocycles. The monoisotopic (exact) mass is 520 g/mol. The van der Waals surface area contributed by atoms with Crippen LogP contribution in [-0.2, 0) is 36.3 Å². The highest BCUT2D eigenvalue weighted by Gasteiger charge is 2.47. The highest BCUT2D eigenvalue weighted by atomic mass is 31.3. The van der Waals surface area contributed by atoms with E-state index in [0.29, 0.717) is 5.65 Å². The van der Waals surface area contributed by atoms with Crippen LogP contribution in [0.2, 0.25) is 0 Å². The fourth-order valence-electron chi connectivity index (χ4n) is 2.98. The van der Waals surface area contributed by atoms with Crippen molar-refractivity contribution in [3.05, 3.63) is 12.7 Å². The van der Waals surface area contributed by atoms with E-state index in [2.05, 4.69) is 28.1 Å². The van der Waals surface area contributed by atoms with E-state index in [0.717, 1.165) is 0 Å². The van der Waals surface area contributed by atoms with Gasteiger partial charge in [0.15, 0.2) is 17.7 Å². The van der Waals surface area contributed by atoms with Gasteiger partial charge in [0.05, 0.1) is 19.0 Å². The lowest BCUT2D eigenvalue weighted by atomic mass is 10.1. The number of phosphoric ester groups is 1. The van der Waals surface area contributed by atoms with Gasteiger partial charge < -0.3 is 40.5 Å². The molecule has 0 aliphatic carbocycles. The highest BCUT2D eigenvalue weighted by molar-refractivity contribution is 7.66. The third kappa shape index (κ3) is 5.76. The van der Waals surface area contributed by atoms with Gasteiger partial charge in [-0.3, -0.25) is 9.09 Å². The molecule has 32 heavy (non-hydrogen) atoms.